The van der Waals surface area contributed by atoms with Crippen LogP contribution >= 0.6 is 0 Å². The molecule has 2 aromatic heterocycles. The molecule has 1 fully saturated rings. The third-order valence-electron chi connectivity index (χ3n) is 7.60. The average Bonchev–Trinajstić information content (AvgIpc) is 3.31. The van der Waals surface area contributed by atoms with Crippen molar-refractivity contribution < 1.29 is 23.1 Å². The summed E-state index contributed by atoms with van der Waals surface area (Å²) in [5, 5.41) is 1.96. The lowest BCUT2D eigenvalue weighted by Gasteiger charge is -2.35. The minimum absolute atomic E-state index is 0.0763. The summed E-state index contributed by atoms with van der Waals surface area (Å²) in [7, 11) is 3.10. The number of piperazine rings is 1. The minimum Gasteiger partial charge on any atom is -0.493 e. The van der Waals surface area contributed by atoms with E-state index >= 15 is 0 Å². The second-order valence-electron chi connectivity index (χ2n) is 9.77. The van der Waals surface area contributed by atoms with Crippen LogP contribution in [-0.4, -0.2) is 60.7 Å². The van der Waals surface area contributed by atoms with E-state index in [1.54, 1.807) is 32.4 Å². The standard InChI is InChI=1S/C30H29N3O7/c1-4-33-22-8-6-5-7-20(22)21-15-19(26-27(25(21)33)40-30(36)29(35)39-26)17-31-11-13-32(14-12-31)28(34)18-9-10-23(37-2)24(16-18)38-3/h5-10,15-16H,4,11-14,17H2,1-3H3. The van der Waals surface area contributed by atoms with Crippen LogP contribution in [-0.2, 0) is 13.1 Å². The first-order valence-electron chi connectivity index (χ1n) is 13.2. The number of nitrogens with zero attached hydrogens (tertiary/aromatic N) is 3. The van der Waals surface area contributed by atoms with Crippen molar-refractivity contribution in [3.63, 3.8) is 0 Å². The molecule has 1 amide bonds. The number of para-hydroxylation sites is 1. The van der Waals surface area contributed by atoms with E-state index in [0.717, 1.165) is 27.4 Å². The molecule has 0 aliphatic carbocycles. The number of aryl methyl sites for hydroxylation is 1. The molecule has 1 aliphatic rings. The zero-order valence-corrected chi connectivity index (χ0v) is 22.6. The fourth-order valence-corrected chi connectivity index (χ4v) is 5.64. The van der Waals surface area contributed by atoms with Crippen molar-refractivity contribution in [1.29, 1.82) is 0 Å². The van der Waals surface area contributed by atoms with E-state index in [9.17, 15) is 14.4 Å². The number of amides is 1. The van der Waals surface area contributed by atoms with Gasteiger partial charge < -0.3 is 27.8 Å². The van der Waals surface area contributed by atoms with E-state index in [0.29, 0.717) is 56.3 Å². The van der Waals surface area contributed by atoms with E-state index in [1.165, 1.54) is 0 Å². The van der Waals surface area contributed by atoms with Gasteiger partial charge in [-0.2, -0.15) is 0 Å². The lowest BCUT2D eigenvalue weighted by molar-refractivity contribution is 0.0628. The van der Waals surface area contributed by atoms with Gasteiger partial charge in [0.25, 0.3) is 5.91 Å². The summed E-state index contributed by atoms with van der Waals surface area (Å²) in [5.74, 6) is 0.997. The van der Waals surface area contributed by atoms with Crippen molar-refractivity contribution in [3.8, 4) is 11.5 Å². The maximum atomic E-state index is 13.2. The normalized spacial score (nSPS) is 14.3. The third kappa shape index (κ3) is 4.21. The zero-order valence-electron chi connectivity index (χ0n) is 22.6. The van der Waals surface area contributed by atoms with Gasteiger partial charge in [0.05, 0.1) is 19.7 Å². The predicted octanol–water partition coefficient (Wildman–Crippen LogP) is 3.85. The Labute approximate surface area is 228 Å². The highest BCUT2D eigenvalue weighted by Gasteiger charge is 2.26. The molecular weight excluding hydrogens is 514 g/mol. The maximum absolute atomic E-state index is 13.2. The van der Waals surface area contributed by atoms with Crippen LogP contribution in [0.15, 0.2) is 67.0 Å². The van der Waals surface area contributed by atoms with Gasteiger partial charge in [0.15, 0.2) is 22.7 Å². The van der Waals surface area contributed by atoms with Gasteiger partial charge in [-0.15, -0.1) is 0 Å². The van der Waals surface area contributed by atoms with Crippen molar-refractivity contribution in [1.82, 2.24) is 14.4 Å². The quantitative estimate of drug-likeness (QED) is 0.297. The summed E-state index contributed by atoms with van der Waals surface area (Å²) in [6.07, 6.45) is 0. The molecule has 6 rings (SSSR count). The second-order valence-corrected chi connectivity index (χ2v) is 9.77. The van der Waals surface area contributed by atoms with Crippen LogP contribution in [0.5, 0.6) is 11.5 Å². The first-order chi connectivity index (χ1) is 19.4. The fourth-order valence-electron chi connectivity index (χ4n) is 5.64. The van der Waals surface area contributed by atoms with Crippen LogP contribution < -0.4 is 20.7 Å². The Morgan fingerprint density at radius 2 is 1.55 bits per heavy atom. The molecule has 0 spiro atoms. The first-order valence-corrected chi connectivity index (χ1v) is 13.2. The lowest BCUT2D eigenvalue weighted by atomic mass is 10.1. The molecule has 0 bridgehead atoms. The Bertz CT molecular complexity index is 1880. The zero-order chi connectivity index (χ0) is 28.0. The van der Waals surface area contributed by atoms with E-state index in [4.69, 9.17) is 18.3 Å². The van der Waals surface area contributed by atoms with Gasteiger partial charge in [-0.05, 0) is 37.3 Å². The van der Waals surface area contributed by atoms with E-state index < -0.39 is 11.3 Å². The SMILES string of the molecule is CCn1c2ccccc2c2cc(CN3CCN(C(=O)c4ccc(OC)c(OC)c4)CC3)c3oc(=O)c(=O)oc3c21. The van der Waals surface area contributed by atoms with Gasteiger partial charge in [0.2, 0.25) is 0 Å². The molecule has 40 heavy (non-hydrogen) atoms. The minimum atomic E-state index is -1.03. The largest absolute Gasteiger partial charge is 0.493 e. The van der Waals surface area contributed by atoms with Crippen molar-refractivity contribution in [2.24, 2.45) is 0 Å². The number of rotatable bonds is 6. The topological polar surface area (TPSA) is 107 Å². The highest BCUT2D eigenvalue weighted by molar-refractivity contribution is 6.16. The molecule has 10 nitrogen and oxygen atoms in total. The van der Waals surface area contributed by atoms with Gasteiger partial charge >= 0.3 is 11.3 Å². The molecule has 1 aliphatic heterocycles. The summed E-state index contributed by atoms with van der Waals surface area (Å²) >= 11 is 0. The number of aromatic nitrogens is 1. The Morgan fingerprint density at radius 3 is 2.25 bits per heavy atom. The smallest absolute Gasteiger partial charge is 0.423 e. The maximum Gasteiger partial charge on any atom is 0.423 e. The summed E-state index contributed by atoms with van der Waals surface area (Å²) in [4.78, 5) is 41.7. The van der Waals surface area contributed by atoms with Crippen LogP contribution in [0.3, 0.4) is 0 Å². The number of hydrogen-bond donors (Lipinski definition) is 0. The van der Waals surface area contributed by atoms with Crippen molar-refractivity contribution >= 4 is 38.9 Å². The molecule has 3 heterocycles. The van der Waals surface area contributed by atoms with Gasteiger partial charge in [0.1, 0.15) is 0 Å². The van der Waals surface area contributed by atoms with Gasteiger partial charge in [0, 0.05) is 66.7 Å². The van der Waals surface area contributed by atoms with Gasteiger partial charge in [-0.1, -0.05) is 18.2 Å². The number of hydrogen-bond acceptors (Lipinski definition) is 8. The van der Waals surface area contributed by atoms with Crippen molar-refractivity contribution in [2.75, 3.05) is 40.4 Å². The number of benzene rings is 3. The molecule has 206 valence electrons. The van der Waals surface area contributed by atoms with Gasteiger partial charge in [-0.3, -0.25) is 9.69 Å². The van der Waals surface area contributed by atoms with E-state index in [1.807, 2.05) is 42.2 Å². The molecule has 3 aromatic carbocycles. The van der Waals surface area contributed by atoms with Crippen LogP contribution in [0.2, 0.25) is 0 Å². The fraction of sp³-hybridized carbons (Fsp3) is 0.300. The second kappa shape index (κ2) is 10.2. The van der Waals surface area contributed by atoms with Crippen LogP contribution in [0.4, 0.5) is 0 Å². The van der Waals surface area contributed by atoms with Crippen LogP contribution in [0.1, 0.15) is 22.8 Å². The van der Waals surface area contributed by atoms with Crippen LogP contribution in [0, 0.1) is 0 Å². The molecule has 0 unspecified atom stereocenters. The summed E-state index contributed by atoms with van der Waals surface area (Å²) in [6.45, 7) is 5.44. The Morgan fingerprint density at radius 1 is 0.850 bits per heavy atom. The highest BCUT2D eigenvalue weighted by atomic mass is 16.5. The first kappa shape index (κ1) is 25.7. The predicted molar refractivity (Wildman–Crippen MR) is 150 cm³/mol. The summed E-state index contributed by atoms with van der Waals surface area (Å²) in [5.41, 5.74) is 1.52. The molecule has 0 radical (unpaired) electrons. The monoisotopic (exact) mass is 543 g/mol. The van der Waals surface area contributed by atoms with Crippen LogP contribution in [0.25, 0.3) is 33.0 Å². The van der Waals surface area contributed by atoms with Crippen molar-refractivity contribution in [3.05, 3.63) is 80.5 Å². The third-order valence-corrected chi connectivity index (χ3v) is 7.60. The number of fused-ring (bicyclic) bond motifs is 5. The number of carbonyl (C=O) groups is 1. The molecule has 10 heteroatoms. The number of carbonyl (C=O) groups excluding carboxylic acids is 1. The van der Waals surface area contributed by atoms with E-state index in [-0.39, 0.29) is 17.1 Å². The molecule has 0 saturated carbocycles. The molecule has 0 atom stereocenters. The molecule has 5 aromatic rings. The Balaban J connectivity index is 1.31. The summed E-state index contributed by atoms with van der Waals surface area (Å²) in [6, 6.07) is 15.2. The average molecular weight is 544 g/mol. The molecular formula is C30H29N3O7. The Hall–Kier alpha value is -4.57. The Kier molecular flexibility index (Phi) is 6.55. The van der Waals surface area contributed by atoms with Crippen molar-refractivity contribution in [2.45, 2.75) is 20.0 Å². The lowest BCUT2D eigenvalue weighted by Crippen LogP contribution is -2.48. The number of methoxy groups -OCH3 is 2. The molecule has 1 saturated heterocycles. The summed E-state index contributed by atoms with van der Waals surface area (Å²) < 4.78 is 23.8. The highest BCUT2D eigenvalue weighted by Crippen LogP contribution is 2.36. The van der Waals surface area contributed by atoms with E-state index in [2.05, 4.69) is 9.47 Å². The number of ether oxygens (including phenoxy) is 2. The molecule has 0 N–H and O–H groups in total. The van der Waals surface area contributed by atoms with Gasteiger partial charge in [-0.25, -0.2) is 9.59 Å².